The lowest BCUT2D eigenvalue weighted by atomic mass is 10.0. The summed E-state index contributed by atoms with van der Waals surface area (Å²) < 4.78 is 5.26. The number of rotatable bonds is 5. The fraction of sp³-hybridized carbons (Fsp3) is 0.0526. The van der Waals surface area contributed by atoms with Crippen molar-refractivity contribution in [3.05, 3.63) is 95.9 Å². The standard InChI is InChI=1S/C19H17N3OS/c24-19(20-14-17-12-7-13-23-17)22-21-18(15-8-3-1-4-9-15)16-10-5-2-6-11-16/h1-13H,14H2,(H2,20,22,24). The first kappa shape index (κ1) is 16.0. The van der Waals surface area contributed by atoms with Crippen molar-refractivity contribution in [1.82, 2.24) is 10.7 Å². The zero-order valence-corrected chi connectivity index (χ0v) is 13.8. The number of furan rings is 1. The second kappa shape index (κ2) is 8.08. The second-order valence-corrected chi connectivity index (χ2v) is 5.47. The first-order chi connectivity index (χ1) is 11.8. The number of hydrogen-bond acceptors (Lipinski definition) is 3. The molecule has 3 rings (SSSR count). The lowest BCUT2D eigenvalue weighted by molar-refractivity contribution is 0.502. The maximum Gasteiger partial charge on any atom is 0.187 e. The van der Waals surface area contributed by atoms with Crippen molar-refractivity contribution in [1.29, 1.82) is 0 Å². The summed E-state index contributed by atoms with van der Waals surface area (Å²) in [4.78, 5) is 0. The third-order valence-corrected chi connectivity index (χ3v) is 3.60. The lowest BCUT2D eigenvalue weighted by Crippen LogP contribution is -2.32. The first-order valence-corrected chi connectivity index (χ1v) is 7.98. The molecule has 24 heavy (non-hydrogen) atoms. The van der Waals surface area contributed by atoms with Gasteiger partial charge in [0, 0.05) is 11.1 Å². The van der Waals surface area contributed by atoms with E-state index in [4.69, 9.17) is 16.6 Å². The highest BCUT2D eigenvalue weighted by molar-refractivity contribution is 7.80. The average Bonchev–Trinajstić information content (AvgIpc) is 3.16. The Balaban J connectivity index is 1.73. The Labute approximate surface area is 146 Å². The minimum atomic E-state index is 0.441. The summed E-state index contributed by atoms with van der Waals surface area (Å²) in [7, 11) is 0. The van der Waals surface area contributed by atoms with Crippen LogP contribution in [0.2, 0.25) is 0 Å². The van der Waals surface area contributed by atoms with Gasteiger partial charge in [0.1, 0.15) is 5.76 Å². The molecule has 0 unspecified atom stereocenters. The Bertz CT molecular complexity index is 758. The summed E-state index contributed by atoms with van der Waals surface area (Å²) in [6, 6.07) is 23.7. The van der Waals surface area contributed by atoms with Crippen LogP contribution in [-0.2, 0) is 6.54 Å². The van der Waals surface area contributed by atoms with E-state index in [-0.39, 0.29) is 0 Å². The van der Waals surface area contributed by atoms with E-state index in [0.29, 0.717) is 11.7 Å². The molecule has 5 heteroatoms. The minimum Gasteiger partial charge on any atom is -0.467 e. The molecule has 0 aliphatic heterocycles. The van der Waals surface area contributed by atoms with E-state index >= 15 is 0 Å². The molecule has 3 aromatic rings. The van der Waals surface area contributed by atoms with Crippen LogP contribution < -0.4 is 10.7 Å². The SMILES string of the molecule is S=C(NCc1ccco1)NN=C(c1ccccc1)c1ccccc1. The third-order valence-electron chi connectivity index (χ3n) is 3.37. The number of nitrogens with one attached hydrogen (secondary N) is 2. The molecular formula is C19H17N3OS. The van der Waals surface area contributed by atoms with Gasteiger partial charge in [-0.15, -0.1) is 0 Å². The summed E-state index contributed by atoms with van der Waals surface area (Å²) in [5.74, 6) is 0.814. The van der Waals surface area contributed by atoms with E-state index in [0.717, 1.165) is 22.6 Å². The quantitative estimate of drug-likeness (QED) is 0.424. The van der Waals surface area contributed by atoms with Crippen molar-refractivity contribution in [3.63, 3.8) is 0 Å². The van der Waals surface area contributed by atoms with Gasteiger partial charge in [0.2, 0.25) is 0 Å². The van der Waals surface area contributed by atoms with Gasteiger partial charge in [-0.3, -0.25) is 5.43 Å². The fourth-order valence-electron chi connectivity index (χ4n) is 2.21. The molecule has 0 aliphatic carbocycles. The van der Waals surface area contributed by atoms with Gasteiger partial charge in [-0.1, -0.05) is 60.7 Å². The number of hydrogen-bond donors (Lipinski definition) is 2. The van der Waals surface area contributed by atoms with Gasteiger partial charge in [0.05, 0.1) is 18.5 Å². The topological polar surface area (TPSA) is 49.6 Å². The predicted octanol–water partition coefficient (Wildman–Crippen LogP) is 3.70. The molecule has 0 atom stereocenters. The van der Waals surface area contributed by atoms with Crippen molar-refractivity contribution >= 4 is 23.0 Å². The zero-order valence-electron chi connectivity index (χ0n) is 13.0. The smallest absolute Gasteiger partial charge is 0.187 e. The monoisotopic (exact) mass is 335 g/mol. The van der Waals surface area contributed by atoms with E-state index in [1.165, 1.54) is 0 Å². The van der Waals surface area contributed by atoms with Crippen LogP contribution in [0.15, 0.2) is 88.6 Å². The van der Waals surface area contributed by atoms with Crippen LogP contribution in [0.4, 0.5) is 0 Å². The van der Waals surface area contributed by atoms with Gasteiger partial charge in [0.25, 0.3) is 0 Å². The molecule has 0 saturated carbocycles. The van der Waals surface area contributed by atoms with Crippen LogP contribution in [0.5, 0.6) is 0 Å². The molecule has 2 aromatic carbocycles. The highest BCUT2D eigenvalue weighted by atomic mass is 32.1. The molecule has 120 valence electrons. The zero-order chi connectivity index (χ0) is 16.6. The van der Waals surface area contributed by atoms with Gasteiger partial charge in [-0.05, 0) is 24.4 Å². The highest BCUT2D eigenvalue weighted by Gasteiger charge is 2.07. The molecule has 0 aliphatic rings. The fourth-order valence-corrected chi connectivity index (χ4v) is 2.33. The second-order valence-electron chi connectivity index (χ2n) is 5.07. The minimum absolute atomic E-state index is 0.441. The average molecular weight is 335 g/mol. The molecule has 0 fully saturated rings. The van der Waals surface area contributed by atoms with E-state index in [9.17, 15) is 0 Å². The summed E-state index contributed by atoms with van der Waals surface area (Å²) >= 11 is 5.27. The largest absolute Gasteiger partial charge is 0.467 e. The Morgan fingerprint density at radius 2 is 1.50 bits per heavy atom. The predicted molar refractivity (Wildman–Crippen MR) is 99.8 cm³/mol. The van der Waals surface area contributed by atoms with Gasteiger partial charge in [0.15, 0.2) is 5.11 Å². The molecule has 1 aromatic heterocycles. The number of nitrogens with zero attached hydrogens (tertiary/aromatic N) is 1. The van der Waals surface area contributed by atoms with Gasteiger partial charge in [-0.2, -0.15) is 5.10 Å². The van der Waals surface area contributed by atoms with Crippen LogP contribution in [0.3, 0.4) is 0 Å². The molecule has 0 spiro atoms. The van der Waals surface area contributed by atoms with Crippen LogP contribution in [0, 0.1) is 0 Å². The molecule has 0 radical (unpaired) electrons. The molecule has 0 bridgehead atoms. The Morgan fingerprint density at radius 1 is 0.875 bits per heavy atom. The number of benzene rings is 2. The van der Waals surface area contributed by atoms with Crippen molar-refractivity contribution in [2.45, 2.75) is 6.54 Å². The Morgan fingerprint density at radius 3 is 2.04 bits per heavy atom. The van der Waals surface area contributed by atoms with E-state index in [1.54, 1.807) is 6.26 Å². The summed E-state index contributed by atoms with van der Waals surface area (Å²) in [6.07, 6.45) is 1.63. The van der Waals surface area contributed by atoms with Crippen molar-refractivity contribution in [2.24, 2.45) is 5.10 Å². The summed E-state index contributed by atoms with van der Waals surface area (Å²) in [5, 5.41) is 8.00. The van der Waals surface area contributed by atoms with E-state index in [1.807, 2.05) is 72.8 Å². The molecular weight excluding hydrogens is 318 g/mol. The highest BCUT2D eigenvalue weighted by Crippen LogP contribution is 2.10. The van der Waals surface area contributed by atoms with Gasteiger partial charge in [-0.25, -0.2) is 0 Å². The van der Waals surface area contributed by atoms with E-state index in [2.05, 4.69) is 15.8 Å². The van der Waals surface area contributed by atoms with Gasteiger partial charge < -0.3 is 9.73 Å². The summed E-state index contributed by atoms with van der Waals surface area (Å²) in [5.41, 5.74) is 5.78. The Kier molecular flexibility index (Phi) is 5.37. The maximum atomic E-state index is 5.27. The first-order valence-electron chi connectivity index (χ1n) is 7.57. The van der Waals surface area contributed by atoms with Crippen LogP contribution in [0.1, 0.15) is 16.9 Å². The van der Waals surface area contributed by atoms with E-state index < -0.39 is 0 Å². The normalized spacial score (nSPS) is 10.0. The molecule has 2 N–H and O–H groups in total. The molecule has 0 amide bonds. The summed E-state index contributed by atoms with van der Waals surface area (Å²) in [6.45, 7) is 0.514. The van der Waals surface area contributed by atoms with Crippen molar-refractivity contribution in [3.8, 4) is 0 Å². The third kappa shape index (κ3) is 4.30. The molecule has 4 nitrogen and oxygen atoms in total. The van der Waals surface area contributed by atoms with Gasteiger partial charge >= 0.3 is 0 Å². The van der Waals surface area contributed by atoms with Crippen molar-refractivity contribution in [2.75, 3.05) is 0 Å². The van der Waals surface area contributed by atoms with Crippen LogP contribution in [-0.4, -0.2) is 10.8 Å². The Hall–Kier alpha value is -2.92. The lowest BCUT2D eigenvalue weighted by Gasteiger charge is -2.10. The number of thiocarbonyl (C=S) groups is 1. The van der Waals surface area contributed by atoms with Crippen LogP contribution >= 0.6 is 12.2 Å². The number of hydrazone groups is 1. The van der Waals surface area contributed by atoms with Crippen molar-refractivity contribution < 1.29 is 4.42 Å². The molecule has 1 heterocycles. The van der Waals surface area contributed by atoms with Crippen LogP contribution in [0.25, 0.3) is 0 Å². The molecule has 0 saturated heterocycles. The maximum absolute atomic E-state index is 5.27.